The van der Waals surface area contributed by atoms with E-state index in [0.717, 1.165) is 5.69 Å². The maximum absolute atomic E-state index is 11.7. The van der Waals surface area contributed by atoms with Crippen molar-refractivity contribution in [2.45, 2.75) is 0 Å². The van der Waals surface area contributed by atoms with Gasteiger partial charge in [-0.2, -0.15) is 4.98 Å². The molecule has 0 fully saturated rings. The number of rotatable bonds is 5. The topological polar surface area (TPSA) is 94.6 Å². The van der Waals surface area contributed by atoms with Crippen LogP contribution < -0.4 is 20.1 Å². The highest BCUT2D eigenvalue weighted by molar-refractivity contribution is 6.33. The molecule has 0 amide bonds. The predicted octanol–water partition coefficient (Wildman–Crippen LogP) is 4.13. The third-order valence-electron chi connectivity index (χ3n) is 3.93. The van der Waals surface area contributed by atoms with E-state index in [1.807, 2.05) is 18.2 Å². The number of aromatic nitrogens is 2. The Labute approximate surface area is 165 Å². The van der Waals surface area contributed by atoms with Crippen LogP contribution in [0.15, 0.2) is 48.7 Å². The van der Waals surface area contributed by atoms with Gasteiger partial charge in [-0.05, 0) is 36.4 Å². The summed E-state index contributed by atoms with van der Waals surface area (Å²) >= 11 is 6.22. The van der Waals surface area contributed by atoms with E-state index in [9.17, 15) is 4.79 Å². The molecule has 0 spiro atoms. The summed E-state index contributed by atoms with van der Waals surface area (Å²) in [4.78, 5) is 20.3. The number of hydrogen-bond donors (Lipinski definition) is 2. The highest BCUT2D eigenvalue weighted by Crippen LogP contribution is 2.35. The molecule has 0 saturated carbocycles. The van der Waals surface area contributed by atoms with E-state index in [-0.39, 0.29) is 6.79 Å². The minimum Gasteiger partial charge on any atom is -0.465 e. The quantitative estimate of drug-likeness (QED) is 0.619. The first kappa shape index (κ1) is 17.9. The summed E-state index contributed by atoms with van der Waals surface area (Å²) in [5.74, 6) is 1.78. The number of nitrogens with one attached hydrogen (secondary N) is 2. The summed E-state index contributed by atoms with van der Waals surface area (Å²) in [6, 6.07) is 11.9. The molecule has 1 aliphatic rings. The number of halogens is 1. The molecule has 0 unspecified atom stereocenters. The maximum atomic E-state index is 11.7. The van der Waals surface area contributed by atoms with Crippen LogP contribution in [0.3, 0.4) is 0 Å². The Hall–Kier alpha value is -3.52. The average molecular weight is 399 g/mol. The number of ether oxygens (including phenoxy) is 3. The largest absolute Gasteiger partial charge is 0.465 e. The van der Waals surface area contributed by atoms with Crippen LogP contribution in [0.2, 0.25) is 5.02 Å². The van der Waals surface area contributed by atoms with Crippen molar-refractivity contribution in [2.75, 3.05) is 24.5 Å². The molecule has 9 heteroatoms. The van der Waals surface area contributed by atoms with Crippen molar-refractivity contribution in [3.05, 3.63) is 59.2 Å². The molecule has 8 nitrogen and oxygen atoms in total. The number of nitrogens with zero attached hydrogens (tertiary/aromatic N) is 2. The van der Waals surface area contributed by atoms with E-state index >= 15 is 0 Å². The second kappa shape index (κ2) is 7.61. The molecule has 2 N–H and O–H groups in total. The van der Waals surface area contributed by atoms with E-state index in [4.69, 9.17) is 25.8 Å². The minimum atomic E-state index is -0.451. The fraction of sp³-hybridized carbons (Fsp3) is 0.105. The molecular formula is C19H15ClN4O4. The lowest BCUT2D eigenvalue weighted by Crippen LogP contribution is -2.04. The van der Waals surface area contributed by atoms with E-state index in [1.54, 1.807) is 30.5 Å². The van der Waals surface area contributed by atoms with Crippen LogP contribution in [0, 0.1) is 0 Å². The van der Waals surface area contributed by atoms with Crippen molar-refractivity contribution in [3.8, 4) is 11.5 Å². The average Bonchev–Trinajstić information content (AvgIpc) is 3.17. The Morgan fingerprint density at radius 3 is 2.82 bits per heavy atom. The van der Waals surface area contributed by atoms with E-state index in [2.05, 4.69) is 20.6 Å². The molecule has 3 aromatic rings. The number of esters is 1. The van der Waals surface area contributed by atoms with Crippen LogP contribution in [-0.2, 0) is 4.74 Å². The van der Waals surface area contributed by atoms with Gasteiger partial charge >= 0.3 is 5.97 Å². The summed E-state index contributed by atoms with van der Waals surface area (Å²) in [5, 5.41) is 6.63. The van der Waals surface area contributed by atoms with Gasteiger partial charge < -0.3 is 24.8 Å². The van der Waals surface area contributed by atoms with Crippen LogP contribution in [0.25, 0.3) is 0 Å². The van der Waals surface area contributed by atoms with Crippen LogP contribution in [0.5, 0.6) is 11.5 Å². The number of anilines is 4. The summed E-state index contributed by atoms with van der Waals surface area (Å²) in [5.41, 5.74) is 1.66. The smallest absolute Gasteiger partial charge is 0.337 e. The Kier molecular flexibility index (Phi) is 4.86. The summed E-state index contributed by atoms with van der Waals surface area (Å²) in [6.45, 7) is 0.208. The summed E-state index contributed by atoms with van der Waals surface area (Å²) < 4.78 is 15.4. The first-order valence-corrected chi connectivity index (χ1v) is 8.65. The Balaban J connectivity index is 1.54. The highest BCUT2D eigenvalue weighted by atomic mass is 35.5. The van der Waals surface area contributed by atoms with Gasteiger partial charge in [0.1, 0.15) is 5.82 Å². The van der Waals surface area contributed by atoms with Gasteiger partial charge in [-0.15, -0.1) is 0 Å². The van der Waals surface area contributed by atoms with Gasteiger partial charge in [-0.3, -0.25) is 0 Å². The Morgan fingerprint density at radius 2 is 1.96 bits per heavy atom. The first-order valence-electron chi connectivity index (χ1n) is 8.27. The van der Waals surface area contributed by atoms with Gasteiger partial charge in [0, 0.05) is 18.0 Å². The van der Waals surface area contributed by atoms with Crippen molar-refractivity contribution < 1.29 is 19.0 Å². The third-order valence-corrected chi connectivity index (χ3v) is 4.26. The number of carbonyl (C=O) groups is 1. The fourth-order valence-corrected chi connectivity index (χ4v) is 2.76. The standard InChI is InChI=1S/C19H15ClN4O4/c1-26-18(25)11-2-4-13(20)14(8-11)23-17-6-7-21-19(24-17)22-12-3-5-15-16(9-12)28-10-27-15/h2-9H,10H2,1H3,(H2,21,22,23,24). The van der Waals surface area contributed by atoms with Crippen molar-refractivity contribution in [3.63, 3.8) is 0 Å². The monoisotopic (exact) mass is 398 g/mol. The van der Waals surface area contributed by atoms with Crippen LogP contribution in [0.4, 0.5) is 23.1 Å². The second-order valence-electron chi connectivity index (χ2n) is 5.77. The normalized spacial score (nSPS) is 11.8. The minimum absolute atomic E-state index is 0.208. The van der Waals surface area contributed by atoms with Crippen LogP contribution in [-0.4, -0.2) is 29.8 Å². The third kappa shape index (κ3) is 3.77. The molecule has 28 heavy (non-hydrogen) atoms. The van der Waals surface area contributed by atoms with Crippen molar-refractivity contribution in [1.82, 2.24) is 9.97 Å². The number of carbonyl (C=O) groups excluding carboxylic acids is 1. The van der Waals surface area contributed by atoms with Crippen LogP contribution >= 0.6 is 11.6 Å². The number of fused-ring (bicyclic) bond motifs is 1. The number of methoxy groups -OCH3 is 1. The summed E-state index contributed by atoms with van der Waals surface area (Å²) in [7, 11) is 1.32. The number of hydrogen-bond acceptors (Lipinski definition) is 8. The molecule has 0 aliphatic carbocycles. The molecule has 142 valence electrons. The maximum Gasteiger partial charge on any atom is 0.337 e. The molecule has 0 bridgehead atoms. The lowest BCUT2D eigenvalue weighted by molar-refractivity contribution is 0.0601. The molecule has 1 aliphatic heterocycles. The van der Waals surface area contributed by atoms with Crippen LogP contribution in [0.1, 0.15) is 10.4 Å². The first-order chi connectivity index (χ1) is 13.6. The molecule has 0 radical (unpaired) electrons. The molecule has 2 heterocycles. The molecule has 2 aromatic carbocycles. The zero-order valence-electron chi connectivity index (χ0n) is 14.7. The lowest BCUT2D eigenvalue weighted by Gasteiger charge is -2.11. The van der Waals surface area contributed by atoms with Gasteiger partial charge in [0.15, 0.2) is 11.5 Å². The van der Waals surface area contributed by atoms with E-state index in [1.165, 1.54) is 7.11 Å². The molecule has 0 atom stereocenters. The van der Waals surface area contributed by atoms with Gasteiger partial charge in [-0.1, -0.05) is 11.6 Å². The Bertz CT molecular complexity index is 1040. The molecule has 1 aromatic heterocycles. The Morgan fingerprint density at radius 1 is 1.11 bits per heavy atom. The predicted molar refractivity (Wildman–Crippen MR) is 104 cm³/mol. The van der Waals surface area contributed by atoms with E-state index in [0.29, 0.717) is 39.5 Å². The molecular weight excluding hydrogens is 384 g/mol. The van der Waals surface area contributed by atoms with Crippen molar-refractivity contribution in [2.24, 2.45) is 0 Å². The lowest BCUT2D eigenvalue weighted by atomic mass is 10.2. The SMILES string of the molecule is COC(=O)c1ccc(Cl)c(Nc2ccnc(Nc3ccc4c(c3)OCO4)n2)c1. The zero-order valence-corrected chi connectivity index (χ0v) is 15.5. The molecule has 4 rings (SSSR count). The van der Waals surface area contributed by atoms with Gasteiger partial charge in [0.25, 0.3) is 0 Å². The number of benzene rings is 2. The molecule has 0 saturated heterocycles. The summed E-state index contributed by atoms with van der Waals surface area (Å²) in [6.07, 6.45) is 1.60. The van der Waals surface area contributed by atoms with Crippen molar-refractivity contribution in [1.29, 1.82) is 0 Å². The van der Waals surface area contributed by atoms with E-state index < -0.39 is 5.97 Å². The highest BCUT2D eigenvalue weighted by Gasteiger charge is 2.14. The van der Waals surface area contributed by atoms with Gasteiger partial charge in [0.05, 0.1) is 23.4 Å². The van der Waals surface area contributed by atoms with Gasteiger partial charge in [0.2, 0.25) is 12.7 Å². The second-order valence-corrected chi connectivity index (χ2v) is 6.18. The van der Waals surface area contributed by atoms with Gasteiger partial charge in [-0.25, -0.2) is 9.78 Å². The van der Waals surface area contributed by atoms with Crippen molar-refractivity contribution >= 4 is 40.7 Å². The zero-order chi connectivity index (χ0) is 19.5. The fourth-order valence-electron chi connectivity index (χ4n) is 2.60.